The van der Waals surface area contributed by atoms with Crippen molar-refractivity contribution < 1.29 is 22.7 Å². The maximum atomic E-state index is 13.4. The molecule has 0 aliphatic carbocycles. The van der Waals surface area contributed by atoms with E-state index in [2.05, 4.69) is 15.0 Å². The van der Waals surface area contributed by atoms with Crippen molar-refractivity contribution >= 4 is 28.9 Å². The molecule has 0 fully saturated rings. The molecule has 2 aromatic carbocycles. The van der Waals surface area contributed by atoms with Gasteiger partial charge in [0.1, 0.15) is 0 Å². The number of benzene rings is 2. The number of nitrogens with zero attached hydrogens (tertiary/aromatic N) is 1. The maximum Gasteiger partial charge on any atom is 0.417 e. The number of hydrogen-bond donors (Lipinski definition) is 1. The van der Waals surface area contributed by atoms with Crippen LogP contribution in [0.25, 0.3) is 11.3 Å². The fraction of sp³-hybridized carbons (Fsp3) is 0.100. The Bertz CT molecular complexity index is 988. The first-order valence-electron chi connectivity index (χ1n) is 8.06. The van der Waals surface area contributed by atoms with E-state index in [4.69, 9.17) is 11.6 Å². The number of rotatable bonds is 4. The van der Waals surface area contributed by atoms with Gasteiger partial charge in [-0.05, 0) is 54.6 Å². The number of carbonyl (C=O) groups is 1. The summed E-state index contributed by atoms with van der Waals surface area (Å²) in [6, 6.07) is 13.0. The fourth-order valence-electron chi connectivity index (χ4n) is 2.59. The first kappa shape index (κ1) is 19.7. The second-order valence-electron chi connectivity index (χ2n) is 5.81. The number of hydrogen-bond acceptors (Lipinski definition) is 4. The van der Waals surface area contributed by atoms with Crippen molar-refractivity contribution in [3.63, 3.8) is 0 Å². The molecule has 1 heterocycles. The minimum atomic E-state index is -4.53. The van der Waals surface area contributed by atoms with Crippen LogP contribution >= 0.6 is 11.6 Å². The molecule has 4 nitrogen and oxygen atoms in total. The molecular weight excluding hydrogens is 393 g/mol. The van der Waals surface area contributed by atoms with Gasteiger partial charge in [0.2, 0.25) is 0 Å². The lowest BCUT2D eigenvalue weighted by atomic mass is 10.0. The van der Waals surface area contributed by atoms with Crippen molar-refractivity contribution in [2.24, 2.45) is 0 Å². The Morgan fingerprint density at radius 1 is 1.04 bits per heavy atom. The van der Waals surface area contributed by atoms with Gasteiger partial charge in [0.05, 0.1) is 29.0 Å². The SMILES string of the molecule is COC(=O)c1ccc(Nc2ccc(C(F)(F)F)c(-c3ccc(Cl)cn3)c2)cc1. The number of ether oxygens (including phenoxy) is 1. The van der Waals surface area contributed by atoms with Crippen molar-refractivity contribution in [2.45, 2.75) is 6.18 Å². The Morgan fingerprint density at radius 2 is 1.71 bits per heavy atom. The van der Waals surface area contributed by atoms with Crippen LogP contribution in [0.2, 0.25) is 5.02 Å². The molecule has 0 atom stereocenters. The number of anilines is 2. The van der Waals surface area contributed by atoms with Crippen LogP contribution in [-0.4, -0.2) is 18.1 Å². The van der Waals surface area contributed by atoms with Gasteiger partial charge in [0.15, 0.2) is 0 Å². The zero-order valence-electron chi connectivity index (χ0n) is 14.5. The van der Waals surface area contributed by atoms with E-state index in [9.17, 15) is 18.0 Å². The Labute approximate surface area is 163 Å². The molecule has 8 heteroatoms. The summed E-state index contributed by atoms with van der Waals surface area (Å²) in [5, 5.41) is 3.35. The first-order chi connectivity index (χ1) is 13.3. The van der Waals surface area contributed by atoms with Crippen LogP contribution in [0.5, 0.6) is 0 Å². The van der Waals surface area contributed by atoms with Crippen molar-refractivity contribution in [3.05, 3.63) is 76.9 Å². The largest absolute Gasteiger partial charge is 0.465 e. The van der Waals surface area contributed by atoms with Gasteiger partial charge in [-0.2, -0.15) is 13.2 Å². The molecule has 0 spiro atoms. The van der Waals surface area contributed by atoms with Crippen LogP contribution < -0.4 is 5.32 Å². The lowest BCUT2D eigenvalue weighted by Gasteiger charge is -2.15. The van der Waals surface area contributed by atoms with Gasteiger partial charge < -0.3 is 10.1 Å². The molecule has 0 aliphatic rings. The summed E-state index contributed by atoms with van der Waals surface area (Å²) in [5.41, 5.74) is 0.690. The zero-order chi connectivity index (χ0) is 20.3. The number of aromatic nitrogens is 1. The van der Waals surface area contributed by atoms with E-state index in [1.165, 1.54) is 37.6 Å². The minimum absolute atomic E-state index is 0.0691. The highest BCUT2D eigenvalue weighted by molar-refractivity contribution is 6.30. The number of pyridine rings is 1. The second kappa shape index (κ2) is 7.90. The van der Waals surface area contributed by atoms with E-state index in [1.807, 2.05) is 0 Å². The summed E-state index contributed by atoms with van der Waals surface area (Å²) in [6.45, 7) is 0. The van der Waals surface area contributed by atoms with Crippen LogP contribution in [0.3, 0.4) is 0 Å². The fourth-order valence-corrected chi connectivity index (χ4v) is 2.70. The molecule has 28 heavy (non-hydrogen) atoms. The summed E-state index contributed by atoms with van der Waals surface area (Å²) < 4.78 is 44.9. The molecule has 0 bridgehead atoms. The Morgan fingerprint density at radius 3 is 2.29 bits per heavy atom. The van der Waals surface area contributed by atoms with Gasteiger partial charge in [0, 0.05) is 23.1 Å². The normalized spacial score (nSPS) is 11.2. The highest BCUT2D eigenvalue weighted by Crippen LogP contribution is 2.38. The maximum absolute atomic E-state index is 13.4. The van der Waals surface area contributed by atoms with E-state index in [0.717, 1.165) is 6.07 Å². The number of alkyl halides is 3. The van der Waals surface area contributed by atoms with Crippen LogP contribution in [0, 0.1) is 0 Å². The van der Waals surface area contributed by atoms with E-state index < -0.39 is 17.7 Å². The van der Waals surface area contributed by atoms with Crippen LogP contribution in [0.4, 0.5) is 24.5 Å². The average molecular weight is 407 g/mol. The van der Waals surface area contributed by atoms with Crippen molar-refractivity contribution in [1.82, 2.24) is 4.98 Å². The van der Waals surface area contributed by atoms with Crippen molar-refractivity contribution in [3.8, 4) is 11.3 Å². The Hall–Kier alpha value is -3.06. The summed E-state index contributed by atoms with van der Waals surface area (Å²) in [5.74, 6) is -0.475. The molecule has 0 radical (unpaired) electrons. The minimum Gasteiger partial charge on any atom is -0.465 e. The number of carbonyl (C=O) groups excluding carboxylic acids is 1. The van der Waals surface area contributed by atoms with Crippen LogP contribution in [-0.2, 0) is 10.9 Å². The summed E-state index contributed by atoms with van der Waals surface area (Å²) in [4.78, 5) is 15.5. The monoisotopic (exact) mass is 406 g/mol. The van der Waals surface area contributed by atoms with E-state index in [0.29, 0.717) is 22.0 Å². The van der Waals surface area contributed by atoms with Gasteiger partial charge in [0.25, 0.3) is 0 Å². The van der Waals surface area contributed by atoms with E-state index in [1.54, 1.807) is 24.3 Å². The second-order valence-corrected chi connectivity index (χ2v) is 6.25. The van der Waals surface area contributed by atoms with Gasteiger partial charge in [-0.25, -0.2) is 4.79 Å². The number of esters is 1. The summed E-state index contributed by atoms with van der Waals surface area (Å²) in [7, 11) is 1.28. The number of halogens is 4. The molecule has 144 valence electrons. The Balaban J connectivity index is 1.95. The summed E-state index contributed by atoms with van der Waals surface area (Å²) >= 11 is 5.78. The molecule has 0 saturated carbocycles. The molecule has 0 amide bonds. The molecule has 3 aromatic rings. The highest BCUT2D eigenvalue weighted by Gasteiger charge is 2.34. The predicted octanol–water partition coefficient (Wildman–Crippen LogP) is 5.95. The molecule has 1 aromatic heterocycles. The molecule has 3 rings (SSSR count). The Kier molecular flexibility index (Phi) is 5.56. The molecule has 0 unspecified atom stereocenters. The third kappa shape index (κ3) is 4.43. The highest BCUT2D eigenvalue weighted by atomic mass is 35.5. The average Bonchev–Trinajstić information content (AvgIpc) is 2.67. The summed E-state index contributed by atoms with van der Waals surface area (Å²) in [6.07, 6.45) is -3.24. The van der Waals surface area contributed by atoms with E-state index >= 15 is 0 Å². The van der Waals surface area contributed by atoms with Crippen LogP contribution in [0.1, 0.15) is 15.9 Å². The van der Waals surface area contributed by atoms with Gasteiger partial charge in [-0.1, -0.05) is 11.6 Å². The molecular formula is C20H14ClF3N2O2. The topological polar surface area (TPSA) is 51.2 Å². The quantitative estimate of drug-likeness (QED) is 0.544. The third-order valence-corrected chi connectivity index (χ3v) is 4.15. The smallest absolute Gasteiger partial charge is 0.417 e. The number of methoxy groups -OCH3 is 1. The van der Waals surface area contributed by atoms with Gasteiger partial charge in [-0.3, -0.25) is 4.98 Å². The van der Waals surface area contributed by atoms with Crippen LogP contribution in [0.15, 0.2) is 60.8 Å². The third-order valence-electron chi connectivity index (χ3n) is 3.92. The van der Waals surface area contributed by atoms with Crippen molar-refractivity contribution in [2.75, 3.05) is 12.4 Å². The van der Waals surface area contributed by atoms with E-state index in [-0.39, 0.29) is 11.3 Å². The zero-order valence-corrected chi connectivity index (χ0v) is 15.3. The molecule has 0 saturated heterocycles. The predicted molar refractivity (Wildman–Crippen MR) is 101 cm³/mol. The molecule has 0 aliphatic heterocycles. The number of nitrogens with one attached hydrogen (secondary N) is 1. The lowest BCUT2D eigenvalue weighted by molar-refractivity contribution is -0.137. The van der Waals surface area contributed by atoms with Gasteiger partial charge >= 0.3 is 12.1 Å². The molecule has 1 N–H and O–H groups in total. The lowest BCUT2D eigenvalue weighted by Crippen LogP contribution is -2.08. The first-order valence-corrected chi connectivity index (χ1v) is 8.44. The van der Waals surface area contributed by atoms with Gasteiger partial charge in [-0.15, -0.1) is 0 Å². The standard InChI is InChI=1S/C20H14ClF3N2O2/c1-28-19(27)12-2-5-14(6-3-12)26-15-7-8-17(20(22,23)24)16(10-15)18-9-4-13(21)11-25-18/h2-11,26H,1H3. The van der Waals surface area contributed by atoms with Crippen molar-refractivity contribution in [1.29, 1.82) is 0 Å².